The number of anilines is 1. The second kappa shape index (κ2) is 8.56. The lowest BCUT2D eigenvalue weighted by Gasteiger charge is -2.27. The molecule has 0 saturated carbocycles. The Hall–Kier alpha value is -4.43. The van der Waals surface area contributed by atoms with Gasteiger partial charge in [0.05, 0.1) is 35.8 Å². The highest BCUT2D eigenvalue weighted by Crippen LogP contribution is 2.57. The summed E-state index contributed by atoms with van der Waals surface area (Å²) < 4.78 is 11.3. The van der Waals surface area contributed by atoms with Crippen LogP contribution in [0.5, 0.6) is 0 Å². The molecule has 3 aliphatic rings. The number of carbonyl (C=O) groups is 5. The number of nitrogens with zero attached hydrogens (tertiary/aromatic N) is 1. The zero-order chi connectivity index (χ0) is 26.8. The number of ketones is 2. The first-order valence-electron chi connectivity index (χ1n) is 12.4. The molecule has 2 amide bonds. The minimum atomic E-state index is -2.13. The van der Waals surface area contributed by atoms with E-state index < -0.39 is 52.9 Å². The van der Waals surface area contributed by atoms with Crippen LogP contribution in [0.2, 0.25) is 0 Å². The molecule has 190 valence electrons. The van der Waals surface area contributed by atoms with Gasteiger partial charge in [0.2, 0.25) is 29.0 Å². The molecule has 0 bridgehead atoms. The van der Waals surface area contributed by atoms with Crippen molar-refractivity contribution in [3.63, 3.8) is 0 Å². The fourth-order valence-electron chi connectivity index (χ4n) is 5.88. The summed E-state index contributed by atoms with van der Waals surface area (Å²) in [5.74, 6) is -5.42. The second-order valence-corrected chi connectivity index (χ2v) is 9.67. The van der Waals surface area contributed by atoms with Crippen LogP contribution in [0.4, 0.5) is 5.69 Å². The van der Waals surface area contributed by atoms with Gasteiger partial charge < -0.3 is 9.47 Å². The van der Waals surface area contributed by atoms with Gasteiger partial charge in [-0.2, -0.15) is 0 Å². The van der Waals surface area contributed by atoms with Crippen LogP contribution in [0.15, 0.2) is 72.8 Å². The Bertz CT molecular complexity index is 1510. The first kappa shape index (κ1) is 23.9. The van der Waals surface area contributed by atoms with Gasteiger partial charge in [-0.25, -0.2) is 9.69 Å². The van der Waals surface area contributed by atoms with E-state index >= 15 is 0 Å². The van der Waals surface area contributed by atoms with Crippen LogP contribution in [0.1, 0.15) is 55.2 Å². The minimum Gasteiger partial charge on any atom is -0.462 e. The van der Waals surface area contributed by atoms with E-state index in [0.717, 1.165) is 10.5 Å². The van der Waals surface area contributed by atoms with Gasteiger partial charge in [0.1, 0.15) is 0 Å². The smallest absolute Gasteiger partial charge is 0.338 e. The molecule has 1 spiro atoms. The van der Waals surface area contributed by atoms with E-state index in [9.17, 15) is 24.0 Å². The number of esters is 1. The largest absolute Gasteiger partial charge is 0.462 e. The number of hydrogen-bond acceptors (Lipinski definition) is 7. The van der Waals surface area contributed by atoms with Crippen LogP contribution < -0.4 is 4.90 Å². The second-order valence-electron chi connectivity index (χ2n) is 9.67. The molecule has 2 aliphatic heterocycles. The molecule has 3 atom stereocenters. The summed E-state index contributed by atoms with van der Waals surface area (Å²) >= 11 is 0. The number of ether oxygens (including phenoxy) is 2. The molecule has 6 rings (SSSR count). The van der Waals surface area contributed by atoms with Crippen molar-refractivity contribution in [2.75, 3.05) is 11.5 Å². The number of rotatable bonds is 4. The fourth-order valence-corrected chi connectivity index (χ4v) is 5.88. The lowest BCUT2D eigenvalue weighted by molar-refractivity contribution is -0.127. The maximum Gasteiger partial charge on any atom is 0.338 e. The topological polar surface area (TPSA) is 107 Å². The molecule has 8 nitrogen and oxygen atoms in total. The number of imide groups is 1. The van der Waals surface area contributed by atoms with E-state index in [-0.39, 0.29) is 29.0 Å². The van der Waals surface area contributed by atoms with Gasteiger partial charge in [0, 0.05) is 11.1 Å². The number of benzene rings is 3. The van der Waals surface area contributed by atoms with Crippen LogP contribution >= 0.6 is 0 Å². The van der Waals surface area contributed by atoms with E-state index in [1.165, 1.54) is 36.4 Å². The molecule has 8 heteroatoms. The molecular weight excluding hydrogens is 486 g/mol. The van der Waals surface area contributed by atoms with Crippen molar-refractivity contribution in [2.24, 2.45) is 11.8 Å². The van der Waals surface area contributed by atoms with E-state index in [2.05, 4.69) is 0 Å². The summed E-state index contributed by atoms with van der Waals surface area (Å²) in [5, 5.41) is 0. The molecule has 38 heavy (non-hydrogen) atoms. The van der Waals surface area contributed by atoms with E-state index in [0.29, 0.717) is 5.56 Å². The molecule has 2 saturated heterocycles. The predicted molar refractivity (Wildman–Crippen MR) is 135 cm³/mol. The molecule has 2 heterocycles. The van der Waals surface area contributed by atoms with Gasteiger partial charge in [-0.3, -0.25) is 19.2 Å². The predicted octanol–water partition coefficient (Wildman–Crippen LogP) is 3.87. The zero-order valence-electron chi connectivity index (χ0n) is 20.7. The maximum atomic E-state index is 14.0. The lowest BCUT2D eigenvalue weighted by Crippen LogP contribution is -2.51. The number of Topliss-reactive ketones (excluding diaryl/α,β-unsaturated/α-hetero) is 2. The highest BCUT2D eigenvalue weighted by molar-refractivity contribution is 6.37. The van der Waals surface area contributed by atoms with Gasteiger partial charge in [0.15, 0.2) is 0 Å². The first-order valence-corrected chi connectivity index (χ1v) is 12.4. The molecule has 1 aliphatic carbocycles. The van der Waals surface area contributed by atoms with Crippen molar-refractivity contribution in [3.05, 3.63) is 101 Å². The highest BCUT2D eigenvalue weighted by Gasteiger charge is 2.74. The Balaban J connectivity index is 1.47. The summed E-state index contributed by atoms with van der Waals surface area (Å²) in [4.78, 5) is 68.6. The Morgan fingerprint density at radius 2 is 1.55 bits per heavy atom. The SMILES string of the molecule is CCOC(=O)c1ccc(N2C(=O)[C@H]3[C@@H](c4cccc(C)c4)OC4(C(=O)c5ccccc5C4=O)[C@@H]3C2=O)cc1. The number of hydrogen-bond donors (Lipinski definition) is 0. The van der Waals surface area contributed by atoms with Crippen LogP contribution in [0.25, 0.3) is 0 Å². The first-order chi connectivity index (χ1) is 18.3. The fraction of sp³-hybridized carbons (Fsp3) is 0.233. The van der Waals surface area contributed by atoms with Crippen molar-refractivity contribution in [3.8, 4) is 0 Å². The molecular formula is C30H23NO7. The van der Waals surface area contributed by atoms with E-state index in [1.54, 1.807) is 31.2 Å². The summed E-state index contributed by atoms with van der Waals surface area (Å²) in [6.45, 7) is 3.78. The van der Waals surface area contributed by atoms with Crippen molar-refractivity contribution >= 4 is 35.0 Å². The van der Waals surface area contributed by atoms with Crippen molar-refractivity contribution in [1.29, 1.82) is 0 Å². The third-order valence-electron chi connectivity index (χ3n) is 7.53. The standard InChI is InChI=1S/C30H23NO7/c1-3-37-29(36)17-11-13-19(14-12-17)31-27(34)22-23(28(31)35)30(38-24(22)18-8-6-7-16(2)15-18)25(32)20-9-4-5-10-21(20)26(30)33/h4-15,22-24H,3H2,1-2H3/t22-,23+,24-/m1/s1. The number of fused-ring (bicyclic) bond motifs is 3. The number of aryl methyl sites for hydroxylation is 1. The summed E-state index contributed by atoms with van der Waals surface area (Å²) in [7, 11) is 0. The Labute approximate surface area is 218 Å². The third-order valence-corrected chi connectivity index (χ3v) is 7.53. The monoisotopic (exact) mass is 509 g/mol. The van der Waals surface area contributed by atoms with Crippen LogP contribution in [0, 0.1) is 18.8 Å². The molecule has 0 unspecified atom stereocenters. The number of amides is 2. The molecule has 3 aromatic rings. The molecule has 0 aromatic heterocycles. The van der Waals surface area contributed by atoms with Crippen molar-refractivity contribution in [1.82, 2.24) is 0 Å². The van der Waals surface area contributed by atoms with Crippen LogP contribution in [0.3, 0.4) is 0 Å². The molecule has 3 aromatic carbocycles. The van der Waals surface area contributed by atoms with Gasteiger partial charge >= 0.3 is 5.97 Å². The normalized spacial score (nSPS) is 23.2. The average molecular weight is 510 g/mol. The van der Waals surface area contributed by atoms with Crippen LogP contribution in [-0.4, -0.2) is 41.6 Å². The van der Waals surface area contributed by atoms with Gasteiger partial charge in [-0.05, 0) is 43.7 Å². The third kappa shape index (κ3) is 3.16. The average Bonchev–Trinajstić information content (AvgIpc) is 3.49. The van der Waals surface area contributed by atoms with E-state index in [1.807, 2.05) is 19.1 Å². The van der Waals surface area contributed by atoms with Gasteiger partial charge in [0.25, 0.3) is 0 Å². The molecule has 2 fully saturated rings. The maximum absolute atomic E-state index is 14.0. The summed E-state index contributed by atoms with van der Waals surface area (Å²) in [6, 6.07) is 19.5. The quantitative estimate of drug-likeness (QED) is 0.299. The minimum absolute atomic E-state index is 0.179. The summed E-state index contributed by atoms with van der Waals surface area (Å²) in [5.41, 5.74) is 0.236. The Kier molecular flexibility index (Phi) is 5.39. The van der Waals surface area contributed by atoms with E-state index in [4.69, 9.17) is 9.47 Å². The lowest BCUT2D eigenvalue weighted by atomic mass is 9.77. The Morgan fingerprint density at radius 1 is 0.895 bits per heavy atom. The Morgan fingerprint density at radius 3 is 2.16 bits per heavy atom. The van der Waals surface area contributed by atoms with Crippen LogP contribution in [-0.2, 0) is 19.1 Å². The van der Waals surface area contributed by atoms with Gasteiger partial charge in [-0.1, -0.05) is 54.1 Å². The highest BCUT2D eigenvalue weighted by atomic mass is 16.5. The number of carbonyl (C=O) groups excluding carboxylic acids is 5. The van der Waals surface area contributed by atoms with Crippen molar-refractivity contribution < 1.29 is 33.4 Å². The summed E-state index contributed by atoms with van der Waals surface area (Å²) in [6.07, 6.45) is -0.984. The van der Waals surface area contributed by atoms with Crippen molar-refractivity contribution in [2.45, 2.75) is 25.6 Å². The molecule has 0 N–H and O–H groups in total. The zero-order valence-corrected chi connectivity index (χ0v) is 20.7. The molecule has 0 radical (unpaired) electrons. The van der Waals surface area contributed by atoms with Gasteiger partial charge in [-0.15, -0.1) is 0 Å².